The number of hydrogen-bond donors (Lipinski definition) is 0. The average molecular weight is 317 g/mol. The summed E-state index contributed by atoms with van der Waals surface area (Å²) in [4.78, 5) is 15.4. The summed E-state index contributed by atoms with van der Waals surface area (Å²) in [6.45, 7) is 4.48. The third-order valence-electron chi connectivity index (χ3n) is 4.61. The van der Waals surface area contributed by atoms with E-state index < -0.39 is 0 Å². The zero-order valence-corrected chi connectivity index (χ0v) is 13.2. The van der Waals surface area contributed by atoms with Crippen LogP contribution in [0.5, 0.6) is 0 Å². The largest absolute Gasteiger partial charge is 0.381 e. The summed E-state index contributed by atoms with van der Waals surface area (Å²) < 4.78 is 5.57. The number of hydrogen-bond acceptors (Lipinski definition) is 5. The number of pyridine rings is 1. The van der Waals surface area contributed by atoms with Gasteiger partial charge >= 0.3 is 0 Å². The van der Waals surface area contributed by atoms with E-state index in [0.29, 0.717) is 0 Å². The smallest absolute Gasteiger partial charge is 0.224 e. The molecule has 22 heavy (non-hydrogen) atoms. The summed E-state index contributed by atoms with van der Waals surface area (Å²) >= 11 is 5.97. The van der Waals surface area contributed by atoms with Crippen LogP contribution < -0.4 is 4.90 Å². The van der Waals surface area contributed by atoms with Crippen molar-refractivity contribution in [3.8, 4) is 0 Å². The van der Waals surface area contributed by atoms with E-state index >= 15 is 0 Å². The quantitative estimate of drug-likeness (QED) is 0.757. The Balaban J connectivity index is 1.83. The van der Waals surface area contributed by atoms with Crippen molar-refractivity contribution < 1.29 is 4.74 Å². The lowest BCUT2D eigenvalue weighted by atomic mass is 9.78. The van der Waals surface area contributed by atoms with Gasteiger partial charge < -0.3 is 9.64 Å². The van der Waals surface area contributed by atoms with E-state index in [4.69, 9.17) is 21.3 Å². The van der Waals surface area contributed by atoms with Gasteiger partial charge in [-0.05, 0) is 49.6 Å². The van der Waals surface area contributed by atoms with Gasteiger partial charge in [0.1, 0.15) is 5.82 Å². The molecule has 0 saturated carbocycles. The topological polar surface area (TPSA) is 51.1 Å². The van der Waals surface area contributed by atoms with Gasteiger partial charge in [-0.1, -0.05) is 0 Å². The molecule has 5 nitrogen and oxygen atoms in total. The summed E-state index contributed by atoms with van der Waals surface area (Å²) in [5.41, 5.74) is 3.40. The fraction of sp³-hybridized carbons (Fsp3) is 0.438. The zero-order valence-electron chi connectivity index (χ0n) is 12.4. The van der Waals surface area contributed by atoms with Crippen molar-refractivity contribution >= 4 is 23.1 Å². The van der Waals surface area contributed by atoms with Crippen molar-refractivity contribution in [1.29, 1.82) is 0 Å². The molecule has 1 fully saturated rings. The van der Waals surface area contributed by atoms with Crippen LogP contribution in [0.25, 0.3) is 0 Å². The van der Waals surface area contributed by atoms with Crippen LogP contribution in [0.2, 0.25) is 5.28 Å². The van der Waals surface area contributed by atoms with Gasteiger partial charge in [0.15, 0.2) is 0 Å². The first-order valence-electron chi connectivity index (χ1n) is 7.50. The van der Waals surface area contributed by atoms with Crippen molar-refractivity contribution in [2.45, 2.75) is 25.2 Å². The first-order chi connectivity index (χ1) is 10.7. The molecule has 0 bridgehead atoms. The van der Waals surface area contributed by atoms with Crippen LogP contribution in [0.1, 0.15) is 24.2 Å². The number of nitrogens with zero attached hydrogens (tertiary/aromatic N) is 4. The molecule has 0 atom stereocenters. The maximum atomic E-state index is 5.97. The first kappa shape index (κ1) is 13.9. The lowest BCUT2D eigenvalue weighted by molar-refractivity contribution is 0.0545. The molecule has 2 aliphatic rings. The fourth-order valence-electron chi connectivity index (χ4n) is 3.46. The number of anilines is 2. The second-order valence-electron chi connectivity index (χ2n) is 5.98. The lowest BCUT2D eigenvalue weighted by Crippen LogP contribution is -2.38. The van der Waals surface area contributed by atoms with Crippen molar-refractivity contribution in [3.05, 3.63) is 41.1 Å². The standard InChI is InChI=1S/C16H17ClN4O/c1-11-2-3-12-14(19-11)16(5-8-22-9-6-16)10-21(12)13-4-7-18-15(17)20-13/h2-4,7H,5-6,8-10H2,1H3. The highest BCUT2D eigenvalue weighted by Gasteiger charge is 2.46. The Kier molecular flexibility index (Phi) is 3.27. The zero-order chi connectivity index (χ0) is 15.2. The van der Waals surface area contributed by atoms with E-state index in [1.807, 2.05) is 19.1 Å². The fourth-order valence-corrected chi connectivity index (χ4v) is 3.60. The van der Waals surface area contributed by atoms with Crippen LogP contribution in [0.4, 0.5) is 11.5 Å². The monoisotopic (exact) mass is 316 g/mol. The summed E-state index contributed by atoms with van der Waals surface area (Å²) in [5, 5.41) is 0.270. The first-order valence-corrected chi connectivity index (χ1v) is 7.88. The molecule has 2 aliphatic heterocycles. The van der Waals surface area contributed by atoms with Gasteiger partial charge in [-0.2, -0.15) is 0 Å². The minimum absolute atomic E-state index is 0.0526. The number of ether oxygens (including phenoxy) is 1. The maximum Gasteiger partial charge on any atom is 0.224 e. The van der Waals surface area contributed by atoms with Gasteiger partial charge in [0, 0.05) is 37.1 Å². The van der Waals surface area contributed by atoms with E-state index in [0.717, 1.165) is 49.8 Å². The molecular weight excluding hydrogens is 300 g/mol. The van der Waals surface area contributed by atoms with E-state index in [-0.39, 0.29) is 10.7 Å². The number of rotatable bonds is 1. The molecule has 0 aromatic carbocycles. The molecule has 0 aliphatic carbocycles. The number of aryl methyl sites for hydroxylation is 1. The van der Waals surface area contributed by atoms with Crippen LogP contribution in [0.15, 0.2) is 24.4 Å². The van der Waals surface area contributed by atoms with Gasteiger partial charge in [-0.25, -0.2) is 9.97 Å². The average Bonchev–Trinajstić information content (AvgIpc) is 2.82. The van der Waals surface area contributed by atoms with Crippen LogP contribution in [-0.2, 0) is 10.2 Å². The third kappa shape index (κ3) is 2.16. The van der Waals surface area contributed by atoms with Gasteiger partial charge in [0.2, 0.25) is 5.28 Å². The molecule has 2 aromatic rings. The predicted octanol–water partition coefficient (Wildman–Crippen LogP) is 3.03. The Morgan fingerprint density at radius 3 is 2.77 bits per heavy atom. The minimum Gasteiger partial charge on any atom is -0.381 e. The molecule has 0 unspecified atom stereocenters. The molecule has 0 N–H and O–H groups in total. The van der Waals surface area contributed by atoms with Crippen LogP contribution in [0, 0.1) is 6.92 Å². The van der Waals surface area contributed by atoms with Crippen molar-refractivity contribution in [2.75, 3.05) is 24.7 Å². The number of fused-ring (bicyclic) bond motifs is 2. The Hall–Kier alpha value is -1.72. The molecule has 4 rings (SSSR count). The van der Waals surface area contributed by atoms with Gasteiger partial charge in [-0.3, -0.25) is 4.98 Å². The second-order valence-corrected chi connectivity index (χ2v) is 6.32. The van der Waals surface area contributed by atoms with Crippen molar-refractivity contribution in [1.82, 2.24) is 15.0 Å². The molecule has 2 aromatic heterocycles. The van der Waals surface area contributed by atoms with E-state index in [9.17, 15) is 0 Å². The van der Waals surface area contributed by atoms with Crippen LogP contribution in [0.3, 0.4) is 0 Å². The molecular formula is C16H17ClN4O. The van der Waals surface area contributed by atoms with Crippen LogP contribution in [-0.4, -0.2) is 34.7 Å². The normalized spacial score (nSPS) is 19.5. The second kappa shape index (κ2) is 5.18. The van der Waals surface area contributed by atoms with Crippen molar-refractivity contribution in [3.63, 3.8) is 0 Å². The Bertz CT molecular complexity index is 715. The SMILES string of the molecule is Cc1ccc2c(n1)C1(CCOCC1)CN2c1ccnc(Cl)n1. The molecule has 1 saturated heterocycles. The molecule has 114 valence electrons. The van der Waals surface area contributed by atoms with Crippen LogP contribution >= 0.6 is 11.6 Å². The lowest BCUT2D eigenvalue weighted by Gasteiger charge is -2.33. The summed E-state index contributed by atoms with van der Waals surface area (Å²) in [7, 11) is 0. The molecule has 1 spiro atoms. The van der Waals surface area contributed by atoms with E-state index in [1.165, 1.54) is 5.69 Å². The minimum atomic E-state index is 0.0526. The predicted molar refractivity (Wildman–Crippen MR) is 84.8 cm³/mol. The maximum absolute atomic E-state index is 5.97. The Labute approximate surface area is 134 Å². The number of halogens is 1. The molecule has 6 heteroatoms. The van der Waals surface area contributed by atoms with Gasteiger partial charge in [0.05, 0.1) is 11.4 Å². The van der Waals surface area contributed by atoms with Gasteiger partial charge in [-0.15, -0.1) is 0 Å². The Morgan fingerprint density at radius 2 is 2.00 bits per heavy atom. The van der Waals surface area contributed by atoms with E-state index in [2.05, 4.69) is 20.9 Å². The Morgan fingerprint density at radius 1 is 1.18 bits per heavy atom. The highest BCUT2D eigenvalue weighted by Crippen LogP contribution is 2.48. The highest BCUT2D eigenvalue weighted by atomic mass is 35.5. The summed E-state index contributed by atoms with van der Waals surface area (Å²) in [5.74, 6) is 0.829. The molecule has 0 amide bonds. The van der Waals surface area contributed by atoms with Gasteiger partial charge in [0.25, 0.3) is 0 Å². The van der Waals surface area contributed by atoms with Crippen molar-refractivity contribution in [2.24, 2.45) is 0 Å². The van der Waals surface area contributed by atoms with E-state index in [1.54, 1.807) is 6.20 Å². The summed E-state index contributed by atoms with van der Waals surface area (Å²) in [6, 6.07) is 6.08. The third-order valence-corrected chi connectivity index (χ3v) is 4.79. The summed E-state index contributed by atoms with van der Waals surface area (Å²) in [6.07, 6.45) is 3.68. The highest BCUT2D eigenvalue weighted by molar-refractivity contribution is 6.28. The molecule has 0 radical (unpaired) electrons. The number of aromatic nitrogens is 3. The molecule has 4 heterocycles.